The van der Waals surface area contributed by atoms with E-state index in [0.29, 0.717) is 10.6 Å². The molecule has 1 aromatic rings. The van der Waals surface area contributed by atoms with Crippen molar-refractivity contribution in [3.63, 3.8) is 0 Å². The molecule has 2 rings (SSSR count). The Kier molecular flexibility index (Phi) is 5.86. The van der Waals surface area contributed by atoms with Gasteiger partial charge in [-0.3, -0.25) is 0 Å². The standard InChI is InChI=1S/C13H17ClFNO.ClH/c14-10-5-9(6-11(15)7-10)12(16)13(17)8-3-1-2-4-8;/h5-8,12-13,17H,1-4,16H2;1H/t12-,13+;/m1./s1. The predicted octanol–water partition coefficient (Wildman–Crippen LogP) is 3.45. The summed E-state index contributed by atoms with van der Waals surface area (Å²) in [6, 6.07) is 3.63. The van der Waals surface area contributed by atoms with E-state index in [1.165, 1.54) is 12.1 Å². The highest BCUT2D eigenvalue weighted by Gasteiger charge is 2.29. The Morgan fingerprint density at radius 1 is 1.28 bits per heavy atom. The average molecular weight is 294 g/mol. The normalized spacial score (nSPS) is 19.3. The van der Waals surface area contributed by atoms with E-state index in [9.17, 15) is 9.50 Å². The minimum atomic E-state index is -0.615. The zero-order valence-electron chi connectivity index (χ0n) is 9.98. The molecule has 102 valence electrons. The first-order valence-electron chi connectivity index (χ1n) is 5.97. The van der Waals surface area contributed by atoms with Gasteiger partial charge in [0.15, 0.2) is 0 Å². The van der Waals surface area contributed by atoms with Crippen molar-refractivity contribution in [2.45, 2.75) is 37.8 Å². The molecule has 5 heteroatoms. The van der Waals surface area contributed by atoms with Gasteiger partial charge in [-0.25, -0.2) is 4.39 Å². The fourth-order valence-electron chi connectivity index (χ4n) is 2.56. The number of benzene rings is 1. The molecule has 0 saturated heterocycles. The number of hydrogen-bond acceptors (Lipinski definition) is 2. The van der Waals surface area contributed by atoms with Gasteiger partial charge in [-0.2, -0.15) is 0 Å². The first-order chi connectivity index (χ1) is 8.08. The molecule has 18 heavy (non-hydrogen) atoms. The van der Waals surface area contributed by atoms with Gasteiger partial charge in [-0.05, 0) is 42.5 Å². The molecule has 3 N–H and O–H groups in total. The molecule has 0 amide bonds. The first-order valence-corrected chi connectivity index (χ1v) is 6.35. The Labute approximate surface area is 118 Å². The molecule has 0 aromatic heterocycles. The van der Waals surface area contributed by atoms with Gasteiger partial charge < -0.3 is 10.8 Å². The van der Waals surface area contributed by atoms with Crippen molar-refractivity contribution in [3.05, 3.63) is 34.6 Å². The smallest absolute Gasteiger partial charge is 0.125 e. The number of hydrogen-bond donors (Lipinski definition) is 2. The lowest BCUT2D eigenvalue weighted by Gasteiger charge is -2.24. The van der Waals surface area contributed by atoms with Gasteiger partial charge in [0.2, 0.25) is 0 Å². The lowest BCUT2D eigenvalue weighted by molar-refractivity contribution is 0.0844. The highest BCUT2D eigenvalue weighted by molar-refractivity contribution is 6.30. The molecule has 2 nitrogen and oxygen atoms in total. The summed E-state index contributed by atoms with van der Waals surface area (Å²) < 4.78 is 13.2. The van der Waals surface area contributed by atoms with Gasteiger partial charge in [0.05, 0.1) is 12.1 Å². The molecule has 0 heterocycles. The number of nitrogens with two attached hydrogens (primary N) is 1. The second-order valence-corrected chi connectivity index (χ2v) is 5.20. The zero-order chi connectivity index (χ0) is 12.4. The van der Waals surface area contributed by atoms with Gasteiger partial charge in [-0.15, -0.1) is 12.4 Å². The van der Waals surface area contributed by atoms with Gasteiger partial charge in [-0.1, -0.05) is 24.4 Å². The van der Waals surface area contributed by atoms with Gasteiger partial charge >= 0.3 is 0 Å². The number of aliphatic hydroxyl groups is 1. The second-order valence-electron chi connectivity index (χ2n) is 4.76. The van der Waals surface area contributed by atoms with Crippen molar-refractivity contribution < 1.29 is 9.50 Å². The summed E-state index contributed by atoms with van der Waals surface area (Å²) in [6.07, 6.45) is 3.65. The van der Waals surface area contributed by atoms with E-state index >= 15 is 0 Å². The van der Waals surface area contributed by atoms with Crippen LogP contribution in [-0.2, 0) is 0 Å². The molecule has 0 bridgehead atoms. The summed E-state index contributed by atoms with van der Waals surface area (Å²) in [6.45, 7) is 0. The molecule has 0 radical (unpaired) electrons. The summed E-state index contributed by atoms with van der Waals surface area (Å²) >= 11 is 5.78. The maximum absolute atomic E-state index is 13.2. The number of aliphatic hydroxyl groups excluding tert-OH is 1. The van der Waals surface area contributed by atoms with E-state index in [1.807, 2.05) is 0 Å². The van der Waals surface area contributed by atoms with Crippen LogP contribution < -0.4 is 5.73 Å². The monoisotopic (exact) mass is 293 g/mol. The average Bonchev–Trinajstić information content (AvgIpc) is 2.79. The highest BCUT2D eigenvalue weighted by atomic mass is 35.5. The van der Waals surface area contributed by atoms with Gasteiger partial charge in [0.25, 0.3) is 0 Å². The van der Waals surface area contributed by atoms with Crippen LogP contribution in [0.4, 0.5) is 4.39 Å². The van der Waals surface area contributed by atoms with Crippen LogP contribution in [0.1, 0.15) is 37.3 Å². The van der Waals surface area contributed by atoms with Crippen LogP contribution in [0.25, 0.3) is 0 Å². The summed E-state index contributed by atoms with van der Waals surface area (Å²) in [5.41, 5.74) is 6.55. The van der Waals surface area contributed by atoms with E-state index in [1.54, 1.807) is 6.07 Å². The van der Waals surface area contributed by atoms with E-state index in [-0.39, 0.29) is 18.3 Å². The molecule has 0 aliphatic heterocycles. The van der Waals surface area contributed by atoms with Crippen LogP contribution >= 0.6 is 24.0 Å². The predicted molar refractivity (Wildman–Crippen MR) is 73.6 cm³/mol. The van der Waals surface area contributed by atoms with E-state index in [4.69, 9.17) is 17.3 Å². The molecule has 0 spiro atoms. The van der Waals surface area contributed by atoms with Crippen molar-refractivity contribution in [1.82, 2.24) is 0 Å². The molecular formula is C13H18Cl2FNO. The van der Waals surface area contributed by atoms with Crippen molar-refractivity contribution in [1.29, 1.82) is 0 Å². The zero-order valence-corrected chi connectivity index (χ0v) is 11.6. The molecular weight excluding hydrogens is 276 g/mol. The van der Waals surface area contributed by atoms with E-state index in [0.717, 1.165) is 25.7 Å². The Balaban J connectivity index is 0.00000162. The maximum Gasteiger partial charge on any atom is 0.125 e. The molecule has 0 unspecified atom stereocenters. The molecule has 1 fully saturated rings. The van der Waals surface area contributed by atoms with Crippen LogP contribution in [0.3, 0.4) is 0 Å². The van der Waals surface area contributed by atoms with Crippen LogP contribution in [-0.4, -0.2) is 11.2 Å². The molecule has 1 saturated carbocycles. The fourth-order valence-corrected chi connectivity index (χ4v) is 2.79. The fraction of sp³-hybridized carbons (Fsp3) is 0.538. The minimum Gasteiger partial charge on any atom is -0.391 e. The molecule has 1 aromatic carbocycles. The third-order valence-electron chi connectivity index (χ3n) is 3.52. The quantitative estimate of drug-likeness (QED) is 0.897. The summed E-state index contributed by atoms with van der Waals surface area (Å²) in [7, 11) is 0. The topological polar surface area (TPSA) is 46.2 Å². The lowest BCUT2D eigenvalue weighted by Crippen LogP contribution is -2.32. The number of rotatable bonds is 3. The minimum absolute atomic E-state index is 0. The van der Waals surface area contributed by atoms with Crippen molar-refractivity contribution in [2.24, 2.45) is 11.7 Å². The molecule has 1 aliphatic rings. The van der Waals surface area contributed by atoms with Crippen LogP contribution in [0.5, 0.6) is 0 Å². The highest BCUT2D eigenvalue weighted by Crippen LogP contribution is 2.33. The van der Waals surface area contributed by atoms with Crippen LogP contribution in [0.2, 0.25) is 5.02 Å². The largest absolute Gasteiger partial charge is 0.391 e. The van der Waals surface area contributed by atoms with E-state index in [2.05, 4.69) is 0 Å². The molecule has 1 aliphatic carbocycles. The Bertz CT molecular complexity index is 376. The SMILES string of the molecule is Cl.N[C@H](c1cc(F)cc(Cl)c1)[C@@H](O)C1CCCC1. The van der Waals surface area contributed by atoms with Crippen molar-refractivity contribution >= 4 is 24.0 Å². The van der Waals surface area contributed by atoms with Crippen LogP contribution in [0, 0.1) is 11.7 Å². The molecule has 2 atom stereocenters. The lowest BCUT2D eigenvalue weighted by atomic mass is 9.91. The number of halogens is 3. The maximum atomic E-state index is 13.2. The van der Waals surface area contributed by atoms with Crippen molar-refractivity contribution in [2.75, 3.05) is 0 Å². The summed E-state index contributed by atoms with van der Waals surface area (Å²) in [4.78, 5) is 0. The first kappa shape index (κ1) is 15.7. The van der Waals surface area contributed by atoms with Crippen LogP contribution in [0.15, 0.2) is 18.2 Å². The van der Waals surface area contributed by atoms with Crippen molar-refractivity contribution in [3.8, 4) is 0 Å². The van der Waals surface area contributed by atoms with Gasteiger partial charge in [0, 0.05) is 5.02 Å². The van der Waals surface area contributed by atoms with E-state index < -0.39 is 18.0 Å². The third-order valence-corrected chi connectivity index (χ3v) is 3.74. The summed E-state index contributed by atoms with van der Waals surface area (Å²) in [5, 5.41) is 10.5. The third kappa shape index (κ3) is 3.58. The Hall–Kier alpha value is -0.350. The Morgan fingerprint density at radius 3 is 2.44 bits per heavy atom. The summed E-state index contributed by atoms with van der Waals surface area (Å²) in [5.74, 6) is -0.186. The Morgan fingerprint density at radius 2 is 1.89 bits per heavy atom. The van der Waals surface area contributed by atoms with Gasteiger partial charge in [0.1, 0.15) is 5.82 Å². The second kappa shape index (κ2) is 6.71.